The summed E-state index contributed by atoms with van der Waals surface area (Å²) in [5.74, 6) is 1.01. The van der Waals surface area contributed by atoms with E-state index in [1.54, 1.807) is 0 Å². The van der Waals surface area contributed by atoms with Gasteiger partial charge in [0.2, 0.25) is 5.91 Å². The molecule has 5 nitrogen and oxygen atoms in total. The van der Waals surface area contributed by atoms with Crippen LogP contribution in [0, 0.1) is 11.8 Å². The Kier molecular flexibility index (Phi) is 11.3. The third-order valence-electron chi connectivity index (χ3n) is 5.02. The summed E-state index contributed by atoms with van der Waals surface area (Å²) in [5.41, 5.74) is 0. The smallest absolute Gasteiger partial charge is 0.222 e. The lowest BCUT2D eigenvalue weighted by molar-refractivity contribution is -0.125. The normalized spacial score (nSPS) is 21.4. The molecule has 0 aromatic heterocycles. The van der Waals surface area contributed by atoms with Crippen LogP contribution in [0.5, 0.6) is 0 Å². The van der Waals surface area contributed by atoms with Crippen molar-refractivity contribution in [3.05, 3.63) is 0 Å². The zero-order valence-corrected chi connectivity index (χ0v) is 16.2. The van der Waals surface area contributed by atoms with E-state index >= 15 is 0 Å². The summed E-state index contributed by atoms with van der Waals surface area (Å²) >= 11 is 0. The molecule has 0 aromatic carbocycles. The number of carbonyl (C=O) groups excluding carboxylic acids is 1. The summed E-state index contributed by atoms with van der Waals surface area (Å²) in [6.45, 7) is 14.3. The topological polar surface area (TPSA) is 50.8 Å². The number of nitrogens with zero attached hydrogens (tertiary/aromatic N) is 1. The fourth-order valence-corrected chi connectivity index (χ4v) is 2.71. The first-order valence-corrected chi connectivity index (χ1v) is 9.76. The molecular weight excluding hydrogens is 304 g/mol. The summed E-state index contributed by atoms with van der Waals surface area (Å²) in [6, 6.07) is 0. The highest BCUT2D eigenvalue weighted by Gasteiger charge is 2.21. The molecule has 1 N–H and O–H groups in total. The maximum absolute atomic E-state index is 11.8. The summed E-state index contributed by atoms with van der Waals surface area (Å²) in [7, 11) is 0. The molecule has 5 heteroatoms. The minimum Gasteiger partial charge on any atom is -0.380 e. The van der Waals surface area contributed by atoms with Gasteiger partial charge in [0.25, 0.3) is 0 Å². The molecule has 0 bridgehead atoms. The number of carbonyl (C=O) groups is 1. The number of hydrogen-bond donors (Lipinski definition) is 1. The summed E-state index contributed by atoms with van der Waals surface area (Å²) < 4.78 is 11.5. The Morgan fingerprint density at radius 3 is 2.79 bits per heavy atom. The van der Waals surface area contributed by atoms with Crippen molar-refractivity contribution in [3.63, 3.8) is 0 Å². The molecule has 0 spiro atoms. The first-order chi connectivity index (χ1) is 11.6. The van der Waals surface area contributed by atoms with Crippen LogP contribution in [0.2, 0.25) is 0 Å². The number of hydrogen-bond acceptors (Lipinski definition) is 4. The van der Waals surface area contributed by atoms with Gasteiger partial charge >= 0.3 is 0 Å². The van der Waals surface area contributed by atoms with Gasteiger partial charge in [-0.2, -0.15) is 0 Å². The molecular formula is C19H38N2O3. The molecule has 1 fully saturated rings. The van der Waals surface area contributed by atoms with Crippen LogP contribution in [-0.2, 0) is 14.3 Å². The Morgan fingerprint density at radius 2 is 2.08 bits per heavy atom. The molecule has 0 radical (unpaired) electrons. The van der Waals surface area contributed by atoms with Crippen LogP contribution in [0.4, 0.5) is 0 Å². The summed E-state index contributed by atoms with van der Waals surface area (Å²) in [6.07, 6.45) is 4.63. The predicted octanol–water partition coefficient (Wildman–Crippen LogP) is 2.69. The van der Waals surface area contributed by atoms with Crippen LogP contribution in [0.15, 0.2) is 0 Å². The van der Waals surface area contributed by atoms with Gasteiger partial charge < -0.3 is 14.8 Å². The molecule has 2 unspecified atom stereocenters. The summed E-state index contributed by atoms with van der Waals surface area (Å²) in [4.78, 5) is 14.2. The second-order valence-corrected chi connectivity index (χ2v) is 7.12. The largest absolute Gasteiger partial charge is 0.380 e. The van der Waals surface area contributed by atoms with Crippen molar-refractivity contribution in [3.8, 4) is 0 Å². The van der Waals surface area contributed by atoms with Gasteiger partial charge in [-0.05, 0) is 25.2 Å². The van der Waals surface area contributed by atoms with Crippen molar-refractivity contribution in [1.82, 2.24) is 10.2 Å². The number of ether oxygens (including phenoxy) is 2. The Balaban J connectivity index is 2.09. The molecule has 1 saturated heterocycles. The lowest BCUT2D eigenvalue weighted by Crippen LogP contribution is -2.48. The Bertz CT molecular complexity index is 339. The minimum absolute atomic E-state index is 0.0773. The molecule has 3 atom stereocenters. The monoisotopic (exact) mass is 342 g/mol. The van der Waals surface area contributed by atoms with Crippen LogP contribution in [0.1, 0.15) is 53.4 Å². The highest BCUT2D eigenvalue weighted by Crippen LogP contribution is 2.09. The van der Waals surface area contributed by atoms with Gasteiger partial charge in [0.05, 0.1) is 19.3 Å². The van der Waals surface area contributed by atoms with Crippen molar-refractivity contribution >= 4 is 5.91 Å². The molecule has 142 valence electrons. The molecule has 1 rings (SSSR count). The van der Waals surface area contributed by atoms with Gasteiger partial charge in [0.15, 0.2) is 0 Å². The Hall–Kier alpha value is -0.650. The predicted molar refractivity (Wildman–Crippen MR) is 98.2 cm³/mol. The quantitative estimate of drug-likeness (QED) is 0.554. The minimum atomic E-state index is 0.0773. The van der Waals surface area contributed by atoms with E-state index in [4.69, 9.17) is 9.47 Å². The van der Waals surface area contributed by atoms with Crippen molar-refractivity contribution < 1.29 is 14.3 Å². The average molecular weight is 343 g/mol. The van der Waals surface area contributed by atoms with E-state index in [0.717, 1.165) is 58.2 Å². The van der Waals surface area contributed by atoms with E-state index in [1.165, 1.54) is 12.8 Å². The van der Waals surface area contributed by atoms with Crippen LogP contribution in [-0.4, -0.2) is 62.9 Å². The van der Waals surface area contributed by atoms with Crippen LogP contribution < -0.4 is 5.32 Å². The van der Waals surface area contributed by atoms with Crippen molar-refractivity contribution in [1.29, 1.82) is 0 Å². The van der Waals surface area contributed by atoms with Gasteiger partial charge in [0.1, 0.15) is 0 Å². The standard InChI is InChI=1S/C19H38N2O3/c1-5-16(3)8-7-11-23-12-9-21-10-13-24-18(15-21)14-20-19(22)17(4)6-2/h16-18H,5-15H2,1-4H3,(H,20,22)/t16?,17?,18-/m1/s1. The van der Waals surface area contributed by atoms with Gasteiger partial charge in [-0.15, -0.1) is 0 Å². The average Bonchev–Trinajstić information content (AvgIpc) is 2.61. The molecule has 0 aliphatic carbocycles. The van der Waals surface area contributed by atoms with Crippen molar-refractivity contribution in [2.24, 2.45) is 11.8 Å². The molecule has 0 saturated carbocycles. The molecule has 1 amide bonds. The van der Waals surface area contributed by atoms with E-state index in [-0.39, 0.29) is 17.9 Å². The Labute approximate surface area is 148 Å². The third kappa shape index (κ3) is 9.00. The van der Waals surface area contributed by atoms with Crippen LogP contribution >= 0.6 is 0 Å². The molecule has 24 heavy (non-hydrogen) atoms. The SMILES string of the molecule is CCC(C)CCCOCCN1CCO[C@H](CNC(=O)C(C)CC)C1. The van der Waals surface area contributed by atoms with E-state index < -0.39 is 0 Å². The van der Waals surface area contributed by atoms with E-state index in [1.807, 2.05) is 13.8 Å². The fourth-order valence-electron chi connectivity index (χ4n) is 2.71. The molecule has 1 heterocycles. The first kappa shape index (κ1) is 21.4. The maximum atomic E-state index is 11.8. The third-order valence-corrected chi connectivity index (χ3v) is 5.02. The van der Waals surface area contributed by atoms with Crippen LogP contribution in [0.25, 0.3) is 0 Å². The Morgan fingerprint density at radius 1 is 1.29 bits per heavy atom. The van der Waals surface area contributed by atoms with Gasteiger partial charge in [-0.3, -0.25) is 9.69 Å². The van der Waals surface area contributed by atoms with Gasteiger partial charge in [0, 0.05) is 38.7 Å². The lowest BCUT2D eigenvalue weighted by atomic mass is 10.0. The van der Waals surface area contributed by atoms with Crippen molar-refractivity contribution in [2.75, 3.05) is 46.0 Å². The number of amides is 1. The number of nitrogens with one attached hydrogen (secondary N) is 1. The maximum Gasteiger partial charge on any atom is 0.222 e. The van der Waals surface area contributed by atoms with E-state index in [9.17, 15) is 4.79 Å². The highest BCUT2D eigenvalue weighted by molar-refractivity contribution is 5.78. The van der Waals surface area contributed by atoms with Gasteiger partial charge in [-0.25, -0.2) is 0 Å². The van der Waals surface area contributed by atoms with E-state index in [2.05, 4.69) is 24.1 Å². The molecule has 0 aromatic rings. The van der Waals surface area contributed by atoms with Crippen LogP contribution in [0.3, 0.4) is 0 Å². The zero-order valence-electron chi connectivity index (χ0n) is 16.2. The number of rotatable bonds is 12. The molecule has 1 aliphatic rings. The zero-order chi connectivity index (χ0) is 17.8. The second kappa shape index (κ2) is 12.7. The molecule has 1 aliphatic heterocycles. The fraction of sp³-hybridized carbons (Fsp3) is 0.947. The second-order valence-electron chi connectivity index (χ2n) is 7.12. The highest BCUT2D eigenvalue weighted by atomic mass is 16.5. The van der Waals surface area contributed by atoms with Gasteiger partial charge in [-0.1, -0.05) is 34.1 Å². The van der Waals surface area contributed by atoms with E-state index in [0.29, 0.717) is 6.54 Å². The summed E-state index contributed by atoms with van der Waals surface area (Å²) in [5, 5.41) is 3.00. The number of morpholine rings is 1. The lowest BCUT2D eigenvalue weighted by Gasteiger charge is -2.33. The van der Waals surface area contributed by atoms with Crippen molar-refractivity contribution in [2.45, 2.75) is 59.5 Å². The first-order valence-electron chi connectivity index (χ1n) is 9.76.